The van der Waals surface area contributed by atoms with Crippen LogP contribution in [0.5, 0.6) is 0 Å². The maximum Gasteiger partial charge on any atom is 0.193 e. The maximum absolute atomic E-state index is 5.94. The SMILES string of the molecule is CCc1ccc(NC(N)=NCC(C)N(C)C2CC2)cc1.I. The van der Waals surface area contributed by atoms with E-state index < -0.39 is 0 Å². The fourth-order valence-electron chi connectivity index (χ4n) is 2.21. The Hall–Kier alpha value is -0.820. The zero-order valence-electron chi connectivity index (χ0n) is 13.2. The molecule has 1 aliphatic rings. The van der Waals surface area contributed by atoms with E-state index in [4.69, 9.17) is 5.73 Å². The second-order valence-electron chi connectivity index (χ2n) is 5.65. The van der Waals surface area contributed by atoms with E-state index in [1.165, 1.54) is 18.4 Å². The lowest BCUT2D eigenvalue weighted by Gasteiger charge is -2.22. The number of nitrogens with two attached hydrogens (primary N) is 1. The number of nitrogens with one attached hydrogen (secondary N) is 1. The van der Waals surface area contributed by atoms with E-state index in [0.717, 1.165) is 24.7 Å². The van der Waals surface area contributed by atoms with E-state index in [0.29, 0.717) is 12.0 Å². The third kappa shape index (κ3) is 5.82. The molecule has 0 aliphatic heterocycles. The van der Waals surface area contributed by atoms with Gasteiger partial charge >= 0.3 is 0 Å². The molecular formula is C16H27IN4. The molecule has 1 fully saturated rings. The first-order valence-corrected chi connectivity index (χ1v) is 7.48. The van der Waals surface area contributed by atoms with Gasteiger partial charge in [-0.1, -0.05) is 19.1 Å². The summed E-state index contributed by atoms with van der Waals surface area (Å²) in [5.41, 5.74) is 8.25. The highest BCUT2D eigenvalue weighted by Gasteiger charge is 2.28. The molecule has 5 heteroatoms. The predicted molar refractivity (Wildman–Crippen MR) is 102 cm³/mol. The zero-order valence-corrected chi connectivity index (χ0v) is 15.5. The Morgan fingerprint density at radius 2 is 2.00 bits per heavy atom. The van der Waals surface area contributed by atoms with Crippen molar-refractivity contribution < 1.29 is 0 Å². The summed E-state index contributed by atoms with van der Waals surface area (Å²) in [6.45, 7) is 5.08. The topological polar surface area (TPSA) is 53.6 Å². The van der Waals surface area contributed by atoms with Crippen molar-refractivity contribution in [3.63, 3.8) is 0 Å². The second kappa shape index (κ2) is 8.58. The fourth-order valence-corrected chi connectivity index (χ4v) is 2.21. The number of benzene rings is 1. The highest BCUT2D eigenvalue weighted by atomic mass is 127. The van der Waals surface area contributed by atoms with Crippen LogP contribution in [0.3, 0.4) is 0 Å². The molecule has 0 aromatic heterocycles. The lowest BCUT2D eigenvalue weighted by atomic mass is 10.1. The lowest BCUT2D eigenvalue weighted by molar-refractivity contribution is 0.253. The summed E-state index contributed by atoms with van der Waals surface area (Å²) in [6.07, 6.45) is 3.69. The average Bonchev–Trinajstić information content (AvgIpc) is 3.29. The summed E-state index contributed by atoms with van der Waals surface area (Å²) in [5, 5.41) is 3.14. The fraction of sp³-hybridized carbons (Fsp3) is 0.562. The van der Waals surface area contributed by atoms with Crippen LogP contribution in [-0.2, 0) is 6.42 Å². The lowest BCUT2D eigenvalue weighted by Crippen LogP contribution is -2.34. The molecule has 3 N–H and O–H groups in total. The minimum absolute atomic E-state index is 0. The van der Waals surface area contributed by atoms with Crippen molar-refractivity contribution in [3.8, 4) is 0 Å². The summed E-state index contributed by atoms with van der Waals surface area (Å²) in [4.78, 5) is 6.83. The molecule has 0 heterocycles. The van der Waals surface area contributed by atoms with Crippen LogP contribution in [0.2, 0.25) is 0 Å². The van der Waals surface area contributed by atoms with Crippen LogP contribution in [0.1, 0.15) is 32.3 Å². The Kier molecular flexibility index (Phi) is 7.45. The quantitative estimate of drug-likeness (QED) is 0.437. The van der Waals surface area contributed by atoms with Crippen LogP contribution >= 0.6 is 24.0 Å². The average molecular weight is 402 g/mol. The molecule has 118 valence electrons. The number of guanidine groups is 1. The molecule has 0 saturated heterocycles. The van der Waals surface area contributed by atoms with Gasteiger partial charge in [-0.25, -0.2) is 0 Å². The number of halogens is 1. The molecule has 0 spiro atoms. The van der Waals surface area contributed by atoms with Gasteiger partial charge in [-0.2, -0.15) is 0 Å². The molecule has 0 amide bonds. The number of anilines is 1. The van der Waals surface area contributed by atoms with E-state index in [1.54, 1.807) is 0 Å². The molecule has 0 bridgehead atoms. The standard InChI is InChI=1S/C16H26N4.HI/c1-4-13-5-7-14(8-6-13)19-16(17)18-11-12(2)20(3)15-9-10-15;/h5-8,12,15H,4,9-11H2,1-3H3,(H3,17,18,19);1H. The van der Waals surface area contributed by atoms with E-state index in [2.05, 4.69) is 48.2 Å². The van der Waals surface area contributed by atoms with Crippen molar-refractivity contribution in [3.05, 3.63) is 29.8 Å². The zero-order chi connectivity index (χ0) is 14.5. The Morgan fingerprint density at radius 3 is 2.52 bits per heavy atom. The minimum atomic E-state index is 0. The minimum Gasteiger partial charge on any atom is -0.370 e. The van der Waals surface area contributed by atoms with Crippen LogP contribution in [-0.4, -0.2) is 36.5 Å². The van der Waals surface area contributed by atoms with Gasteiger partial charge in [0, 0.05) is 17.8 Å². The number of rotatable bonds is 6. The molecule has 4 nitrogen and oxygen atoms in total. The highest BCUT2D eigenvalue weighted by molar-refractivity contribution is 14.0. The molecule has 2 rings (SSSR count). The number of hydrogen-bond acceptors (Lipinski definition) is 2. The van der Waals surface area contributed by atoms with E-state index in [9.17, 15) is 0 Å². The normalized spacial score (nSPS) is 16.5. The van der Waals surface area contributed by atoms with Crippen molar-refractivity contribution in [2.45, 2.75) is 45.2 Å². The smallest absolute Gasteiger partial charge is 0.193 e. The van der Waals surface area contributed by atoms with Crippen molar-refractivity contribution in [2.75, 3.05) is 18.9 Å². The molecule has 1 aromatic rings. The summed E-state index contributed by atoms with van der Waals surface area (Å²) < 4.78 is 0. The van der Waals surface area contributed by atoms with Crippen LogP contribution in [0, 0.1) is 0 Å². The van der Waals surface area contributed by atoms with Gasteiger partial charge in [-0.05, 0) is 50.9 Å². The number of likely N-dealkylation sites (N-methyl/N-ethyl adjacent to an activating group) is 1. The highest BCUT2D eigenvalue weighted by Crippen LogP contribution is 2.26. The predicted octanol–water partition coefficient (Wildman–Crippen LogP) is 3.08. The van der Waals surface area contributed by atoms with Gasteiger partial charge < -0.3 is 11.1 Å². The van der Waals surface area contributed by atoms with Crippen molar-refractivity contribution >= 4 is 35.6 Å². The first-order valence-electron chi connectivity index (χ1n) is 7.48. The van der Waals surface area contributed by atoms with Crippen molar-refractivity contribution in [1.82, 2.24) is 4.90 Å². The summed E-state index contributed by atoms with van der Waals surface area (Å²) in [7, 11) is 2.17. The summed E-state index contributed by atoms with van der Waals surface area (Å²) >= 11 is 0. The molecule has 21 heavy (non-hydrogen) atoms. The molecule has 1 aromatic carbocycles. The van der Waals surface area contributed by atoms with Gasteiger partial charge in [-0.3, -0.25) is 9.89 Å². The van der Waals surface area contributed by atoms with E-state index >= 15 is 0 Å². The van der Waals surface area contributed by atoms with E-state index in [1.807, 2.05) is 12.1 Å². The largest absolute Gasteiger partial charge is 0.370 e. The molecule has 0 radical (unpaired) electrons. The van der Waals surface area contributed by atoms with Gasteiger partial charge in [0.15, 0.2) is 5.96 Å². The van der Waals surface area contributed by atoms with Crippen molar-refractivity contribution in [1.29, 1.82) is 0 Å². The van der Waals surface area contributed by atoms with Crippen LogP contribution in [0.25, 0.3) is 0 Å². The van der Waals surface area contributed by atoms with Gasteiger partial charge in [0.25, 0.3) is 0 Å². The third-order valence-electron chi connectivity index (χ3n) is 3.98. The first-order chi connectivity index (χ1) is 9.60. The van der Waals surface area contributed by atoms with E-state index in [-0.39, 0.29) is 24.0 Å². The van der Waals surface area contributed by atoms with Gasteiger partial charge in [0.05, 0.1) is 6.54 Å². The van der Waals surface area contributed by atoms with Crippen LogP contribution in [0.15, 0.2) is 29.3 Å². The number of aryl methyl sites for hydroxylation is 1. The first kappa shape index (κ1) is 18.2. The Bertz CT molecular complexity index is 454. The van der Waals surface area contributed by atoms with Crippen LogP contribution in [0.4, 0.5) is 5.69 Å². The molecular weight excluding hydrogens is 375 g/mol. The molecule has 1 aliphatic carbocycles. The van der Waals surface area contributed by atoms with Gasteiger partial charge in [0.1, 0.15) is 0 Å². The summed E-state index contributed by atoms with van der Waals surface area (Å²) in [6, 6.07) is 9.50. The van der Waals surface area contributed by atoms with Crippen LogP contribution < -0.4 is 11.1 Å². The monoisotopic (exact) mass is 402 g/mol. The summed E-state index contributed by atoms with van der Waals surface area (Å²) in [5.74, 6) is 0.491. The number of nitrogens with zero attached hydrogens (tertiary/aromatic N) is 2. The Balaban J connectivity index is 0.00000220. The third-order valence-corrected chi connectivity index (χ3v) is 3.98. The van der Waals surface area contributed by atoms with Gasteiger partial charge in [-0.15, -0.1) is 24.0 Å². The number of aliphatic imine (C=N–C) groups is 1. The molecule has 1 unspecified atom stereocenters. The molecule has 1 saturated carbocycles. The Labute approximate surface area is 145 Å². The molecule has 1 atom stereocenters. The van der Waals surface area contributed by atoms with Crippen molar-refractivity contribution in [2.24, 2.45) is 10.7 Å². The number of hydrogen-bond donors (Lipinski definition) is 2. The second-order valence-corrected chi connectivity index (χ2v) is 5.65. The Morgan fingerprint density at radius 1 is 1.38 bits per heavy atom. The van der Waals surface area contributed by atoms with Gasteiger partial charge in [0.2, 0.25) is 0 Å². The maximum atomic E-state index is 5.94.